The number of rotatable bonds is 3. The molecule has 1 N–H and O–H groups in total. The van der Waals surface area contributed by atoms with E-state index in [4.69, 9.17) is 0 Å². The summed E-state index contributed by atoms with van der Waals surface area (Å²) in [4.78, 5) is 16.7. The molecule has 1 aliphatic carbocycles. The van der Waals surface area contributed by atoms with E-state index in [1.807, 2.05) is 6.07 Å². The van der Waals surface area contributed by atoms with Crippen LogP contribution in [0.5, 0.6) is 0 Å². The highest BCUT2D eigenvalue weighted by molar-refractivity contribution is 5.92. The Morgan fingerprint density at radius 1 is 1.37 bits per heavy atom. The maximum Gasteiger partial charge on any atom is 0.416 e. The van der Waals surface area contributed by atoms with Crippen molar-refractivity contribution in [2.75, 3.05) is 0 Å². The molecule has 1 saturated carbocycles. The Hall–Kier alpha value is -2.43. The fourth-order valence-electron chi connectivity index (χ4n) is 4.19. The van der Waals surface area contributed by atoms with Crippen molar-refractivity contribution in [1.82, 2.24) is 0 Å². The van der Waals surface area contributed by atoms with Gasteiger partial charge in [-0.15, -0.1) is 0 Å². The van der Waals surface area contributed by atoms with E-state index in [0.29, 0.717) is 11.8 Å². The van der Waals surface area contributed by atoms with Gasteiger partial charge in [0.15, 0.2) is 0 Å². The Morgan fingerprint density at radius 3 is 2.48 bits per heavy atom. The van der Waals surface area contributed by atoms with E-state index in [1.54, 1.807) is 0 Å². The van der Waals surface area contributed by atoms with Crippen LogP contribution in [0.3, 0.4) is 0 Å². The predicted octanol–water partition coefficient (Wildman–Crippen LogP) is 4.41. The van der Waals surface area contributed by atoms with Crippen LogP contribution in [-0.4, -0.2) is 22.8 Å². The number of aliphatic imine (C=N–C) groups is 1. The predicted molar refractivity (Wildman–Crippen MR) is 88.6 cm³/mol. The van der Waals surface area contributed by atoms with Gasteiger partial charge in [-0.25, -0.2) is 4.39 Å². The van der Waals surface area contributed by atoms with Crippen molar-refractivity contribution in [3.63, 3.8) is 0 Å². The molecule has 1 heterocycles. The average molecular weight is 382 g/mol. The molecule has 0 aromatic heterocycles. The molecule has 4 atom stereocenters. The van der Waals surface area contributed by atoms with E-state index >= 15 is 0 Å². The van der Waals surface area contributed by atoms with Crippen molar-refractivity contribution in [3.05, 3.63) is 35.1 Å². The molecule has 144 valence electrons. The molecule has 0 spiro atoms. The zero-order chi connectivity index (χ0) is 20.1. The summed E-state index contributed by atoms with van der Waals surface area (Å²) < 4.78 is 54.4. The molecular weight excluding hydrogens is 364 g/mol. The fraction of sp³-hybridized carbons (Fsp3) is 0.526. The van der Waals surface area contributed by atoms with Crippen LogP contribution < -0.4 is 0 Å². The minimum atomic E-state index is -4.88. The lowest BCUT2D eigenvalue weighted by molar-refractivity contribution is -0.153. The molecule has 27 heavy (non-hydrogen) atoms. The molecule has 0 bridgehead atoms. The highest BCUT2D eigenvalue weighted by atomic mass is 19.4. The number of nitrogens with zero attached hydrogens (tertiary/aromatic N) is 2. The van der Waals surface area contributed by atoms with E-state index in [9.17, 15) is 32.7 Å². The van der Waals surface area contributed by atoms with Gasteiger partial charge in [0, 0.05) is 11.6 Å². The first kappa shape index (κ1) is 19.3. The van der Waals surface area contributed by atoms with Gasteiger partial charge in [0.2, 0.25) is 0 Å². The third-order valence-corrected chi connectivity index (χ3v) is 5.71. The fourth-order valence-corrected chi connectivity index (χ4v) is 4.19. The van der Waals surface area contributed by atoms with Crippen LogP contribution in [0.4, 0.5) is 17.6 Å². The van der Waals surface area contributed by atoms with Gasteiger partial charge in [-0.2, -0.15) is 18.4 Å². The number of carboxylic acids is 1. The smallest absolute Gasteiger partial charge is 0.416 e. The van der Waals surface area contributed by atoms with Crippen LogP contribution in [0, 0.1) is 34.4 Å². The highest BCUT2D eigenvalue weighted by Crippen LogP contribution is 2.56. The number of aliphatic carboxylic acids is 1. The molecule has 3 rings (SSSR count). The van der Waals surface area contributed by atoms with Crippen molar-refractivity contribution in [3.8, 4) is 6.07 Å². The van der Waals surface area contributed by atoms with Crippen molar-refractivity contribution in [2.45, 2.75) is 44.8 Å². The molecule has 0 radical (unpaired) electrons. The van der Waals surface area contributed by atoms with E-state index in [1.165, 1.54) is 13.8 Å². The highest BCUT2D eigenvalue weighted by Gasteiger charge is 2.59. The molecule has 1 aromatic rings. The topological polar surface area (TPSA) is 73.4 Å². The lowest BCUT2D eigenvalue weighted by Gasteiger charge is -2.45. The van der Waals surface area contributed by atoms with Crippen molar-refractivity contribution >= 4 is 11.7 Å². The summed E-state index contributed by atoms with van der Waals surface area (Å²) in [7, 11) is 0. The summed E-state index contributed by atoms with van der Waals surface area (Å²) in [5, 5.41) is 19.6. The molecular formula is C19H18F4N2O2. The second kappa shape index (κ2) is 6.32. The minimum Gasteiger partial charge on any atom is -0.481 e. The third kappa shape index (κ3) is 3.09. The molecule has 2 aliphatic rings. The first-order valence-electron chi connectivity index (χ1n) is 8.55. The van der Waals surface area contributed by atoms with Crippen LogP contribution in [0.2, 0.25) is 0 Å². The molecule has 4 nitrogen and oxygen atoms in total. The standard InChI is InChI=1S/C19H18F4N2O2/c1-9-13(8-24)15(12-6-5-11(20)7-14(12)19(21,22)23)18(2,17(26)27)16(25-9)10-3-4-10/h5-7,10,13,15-16H,3-4H2,1-2H3,(H,26,27). The zero-order valence-electron chi connectivity index (χ0n) is 14.7. The van der Waals surface area contributed by atoms with E-state index in [0.717, 1.165) is 25.0 Å². The first-order valence-corrected chi connectivity index (χ1v) is 8.55. The second-order valence-electron chi connectivity index (χ2n) is 7.45. The SMILES string of the molecule is CC1=NC(C2CC2)C(C)(C(=O)O)C(c2ccc(F)cc2C(F)(F)F)C1C#N. The van der Waals surface area contributed by atoms with Crippen LogP contribution >= 0.6 is 0 Å². The van der Waals surface area contributed by atoms with Gasteiger partial charge in [-0.3, -0.25) is 9.79 Å². The number of carbonyl (C=O) groups is 1. The maximum atomic E-state index is 13.6. The second-order valence-corrected chi connectivity index (χ2v) is 7.45. The van der Waals surface area contributed by atoms with E-state index in [2.05, 4.69) is 4.99 Å². The Kier molecular flexibility index (Phi) is 4.53. The van der Waals surface area contributed by atoms with Crippen LogP contribution in [0.1, 0.15) is 43.7 Å². The number of benzene rings is 1. The normalized spacial score (nSPS) is 31.1. The molecule has 0 amide bonds. The Morgan fingerprint density at radius 2 is 2.00 bits per heavy atom. The number of hydrogen-bond acceptors (Lipinski definition) is 3. The Labute approximate surface area is 153 Å². The third-order valence-electron chi connectivity index (χ3n) is 5.71. The lowest BCUT2D eigenvalue weighted by Crippen LogP contribution is -2.52. The van der Waals surface area contributed by atoms with Crippen molar-refractivity contribution < 1.29 is 27.5 Å². The maximum absolute atomic E-state index is 13.6. The largest absolute Gasteiger partial charge is 0.481 e. The summed E-state index contributed by atoms with van der Waals surface area (Å²) in [6.07, 6.45) is -3.40. The minimum absolute atomic E-state index is 0.0435. The van der Waals surface area contributed by atoms with Gasteiger partial charge < -0.3 is 5.11 Å². The molecule has 4 unspecified atom stereocenters. The van der Waals surface area contributed by atoms with Crippen LogP contribution in [0.25, 0.3) is 0 Å². The monoisotopic (exact) mass is 382 g/mol. The van der Waals surface area contributed by atoms with Gasteiger partial charge in [-0.1, -0.05) is 6.07 Å². The summed E-state index contributed by atoms with van der Waals surface area (Å²) in [5.41, 5.74) is -3.01. The molecule has 1 aromatic carbocycles. The van der Waals surface area contributed by atoms with Crippen LogP contribution in [0.15, 0.2) is 23.2 Å². The summed E-state index contributed by atoms with van der Waals surface area (Å²) in [5.74, 6) is -4.86. The van der Waals surface area contributed by atoms with E-state index < -0.39 is 46.8 Å². The average Bonchev–Trinajstić information content (AvgIpc) is 3.40. The number of halogens is 4. The molecule has 1 aliphatic heterocycles. The lowest BCUT2D eigenvalue weighted by atomic mass is 9.59. The van der Waals surface area contributed by atoms with Gasteiger partial charge >= 0.3 is 12.1 Å². The van der Waals surface area contributed by atoms with Crippen molar-refractivity contribution in [1.29, 1.82) is 5.26 Å². The van der Waals surface area contributed by atoms with Gasteiger partial charge in [0.05, 0.1) is 29.0 Å². The number of carboxylic acid groups (broad SMARTS) is 1. The number of alkyl halides is 3. The molecule has 8 heteroatoms. The van der Waals surface area contributed by atoms with Gasteiger partial charge in [0.1, 0.15) is 5.82 Å². The summed E-state index contributed by atoms with van der Waals surface area (Å²) >= 11 is 0. The van der Waals surface area contributed by atoms with E-state index in [-0.39, 0.29) is 11.5 Å². The number of nitriles is 1. The Bertz CT molecular complexity index is 854. The Balaban J connectivity index is 2.30. The first-order chi connectivity index (χ1) is 12.5. The van der Waals surface area contributed by atoms with Crippen molar-refractivity contribution in [2.24, 2.45) is 22.2 Å². The molecule has 1 fully saturated rings. The van der Waals surface area contributed by atoms with Gasteiger partial charge in [-0.05, 0) is 50.3 Å². The van der Waals surface area contributed by atoms with Crippen LogP contribution in [-0.2, 0) is 11.0 Å². The zero-order valence-corrected chi connectivity index (χ0v) is 14.7. The number of hydrogen-bond donors (Lipinski definition) is 1. The molecule has 0 saturated heterocycles. The quantitative estimate of drug-likeness (QED) is 0.787. The summed E-state index contributed by atoms with van der Waals surface area (Å²) in [6, 6.07) is 3.39. The van der Waals surface area contributed by atoms with Gasteiger partial charge in [0.25, 0.3) is 0 Å². The summed E-state index contributed by atoms with van der Waals surface area (Å²) in [6.45, 7) is 2.89.